The Morgan fingerprint density at radius 3 is 2.86 bits per heavy atom. The lowest BCUT2D eigenvalue weighted by molar-refractivity contribution is 0.271. The molecule has 1 unspecified atom stereocenters. The number of alkyl halides is 1. The largest absolute Gasteiger partial charge is 0.491 e. The Kier molecular flexibility index (Phi) is 4.87. The average molecular weight is 366 g/mol. The Hall–Kier alpha value is -0.990. The van der Waals surface area contributed by atoms with E-state index in [1.807, 2.05) is 18.2 Å². The predicted octanol–water partition coefficient (Wildman–Crippen LogP) is 5.69. The number of benzene rings is 2. The summed E-state index contributed by atoms with van der Waals surface area (Å²) >= 11 is 9.57. The summed E-state index contributed by atoms with van der Waals surface area (Å²) < 4.78 is 7.10. The van der Waals surface area contributed by atoms with Gasteiger partial charge >= 0.3 is 0 Å². The van der Waals surface area contributed by atoms with Crippen LogP contribution in [0, 0.1) is 0 Å². The van der Waals surface area contributed by atoms with Crippen molar-refractivity contribution in [2.24, 2.45) is 0 Å². The van der Waals surface area contributed by atoms with Crippen molar-refractivity contribution in [1.82, 2.24) is 0 Å². The second-order valence-electron chi connectivity index (χ2n) is 5.46. The number of aryl methyl sites for hydroxylation is 1. The van der Waals surface area contributed by atoms with E-state index < -0.39 is 0 Å². The fraction of sp³-hybridized carbons (Fsp3) is 0.333. The Morgan fingerprint density at radius 2 is 2.00 bits per heavy atom. The molecule has 0 heterocycles. The highest BCUT2D eigenvalue weighted by Crippen LogP contribution is 2.35. The maximum atomic E-state index is 6.12. The summed E-state index contributed by atoms with van der Waals surface area (Å²) in [5, 5.41) is 0. The summed E-state index contributed by atoms with van der Waals surface area (Å²) in [7, 11) is 0. The minimum Gasteiger partial charge on any atom is -0.491 e. The Labute approximate surface area is 139 Å². The van der Waals surface area contributed by atoms with E-state index in [0.717, 1.165) is 15.8 Å². The first-order valence-electron chi connectivity index (χ1n) is 7.33. The van der Waals surface area contributed by atoms with Gasteiger partial charge in [0.2, 0.25) is 0 Å². The standard InChI is InChI=1S/C18H18BrClO/c19-17-10-4-7-14(11-20)18(17)21-12-15-8-3-6-13-5-1-2-9-16(13)15/h1-2,4-5,7,9-10,15H,3,6,8,11-12H2. The Morgan fingerprint density at radius 1 is 1.14 bits per heavy atom. The van der Waals surface area contributed by atoms with E-state index in [1.165, 1.54) is 30.4 Å². The zero-order valence-electron chi connectivity index (χ0n) is 11.8. The molecule has 0 saturated heterocycles. The van der Waals surface area contributed by atoms with E-state index in [1.54, 1.807) is 0 Å². The number of hydrogen-bond acceptors (Lipinski definition) is 1. The molecule has 1 aliphatic carbocycles. The normalized spacial score (nSPS) is 17.3. The van der Waals surface area contributed by atoms with Gasteiger partial charge in [-0.1, -0.05) is 36.4 Å². The molecule has 1 aliphatic rings. The first-order chi connectivity index (χ1) is 10.3. The van der Waals surface area contributed by atoms with Crippen molar-refractivity contribution < 1.29 is 4.74 Å². The third-order valence-electron chi connectivity index (χ3n) is 4.11. The molecule has 1 atom stereocenters. The van der Waals surface area contributed by atoms with E-state index in [2.05, 4.69) is 40.2 Å². The smallest absolute Gasteiger partial charge is 0.137 e. The van der Waals surface area contributed by atoms with Gasteiger partial charge in [0.05, 0.1) is 17.0 Å². The first-order valence-corrected chi connectivity index (χ1v) is 8.66. The van der Waals surface area contributed by atoms with Crippen LogP contribution < -0.4 is 4.74 Å². The molecule has 0 aliphatic heterocycles. The molecule has 0 aromatic heterocycles. The van der Waals surface area contributed by atoms with E-state index in [9.17, 15) is 0 Å². The number of halogens is 2. The van der Waals surface area contributed by atoms with Crippen LogP contribution in [0.2, 0.25) is 0 Å². The van der Waals surface area contributed by atoms with E-state index >= 15 is 0 Å². The van der Waals surface area contributed by atoms with Crippen LogP contribution in [0.15, 0.2) is 46.9 Å². The summed E-state index contributed by atoms with van der Waals surface area (Å²) in [4.78, 5) is 0. The molecule has 0 saturated carbocycles. The summed E-state index contributed by atoms with van der Waals surface area (Å²) in [5.74, 6) is 1.83. The minimum absolute atomic E-state index is 0.468. The summed E-state index contributed by atoms with van der Waals surface area (Å²) in [6, 6.07) is 14.7. The Balaban J connectivity index is 1.78. The lowest BCUT2D eigenvalue weighted by Crippen LogP contribution is -2.17. The highest BCUT2D eigenvalue weighted by molar-refractivity contribution is 9.10. The second-order valence-corrected chi connectivity index (χ2v) is 6.58. The fourth-order valence-corrected chi connectivity index (χ4v) is 3.76. The maximum Gasteiger partial charge on any atom is 0.137 e. The maximum absolute atomic E-state index is 6.12. The molecule has 0 N–H and O–H groups in total. The van der Waals surface area contributed by atoms with Crippen molar-refractivity contribution in [1.29, 1.82) is 0 Å². The van der Waals surface area contributed by atoms with Crippen LogP contribution in [0.25, 0.3) is 0 Å². The van der Waals surface area contributed by atoms with Gasteiger partial charge in [-0.25, -0.2) is 0 Å². The molecule has 0 bridgehead atoms. The van der Waals surface area contributed by atoms with Gasteiger partial charge in [-0.15, -0.1) is 11.6 Å². The lowest BCUT2D eigenvalue weighted by Gasteiger charge is -2.26. The molecule has 3 rings (SSSR count). The van der Waals surface area contributed by atoms with E-state index in [0.29, 0.717) is 18.4 Å². The van der Waals surface area contributed by atoms with Gasteiger partial charge in [0.25, 0.3) is 0 Å². The zero-order chi connectivity index (χ0) is 14.7. The first kappa shape index (κ1) is 14.9. The summed E-state index contributed by atoms with van der Waals surface area (Å²) in [6.45, 7) is 0.712. The Bertz CT molecular complexity index is 626. The van der Waals surface area contributed by atoms with Crippen molar-refractivity contribution in [2.45, 2.75) is 31.1 Å². The van der Waals surface area contributed by atoms with Crippen LogP contribution >= 0.6 is 27.5 Å². The van der Waals surface area contributed by atoms with Crippen LogP contribution in [0.1, 0.15) is 35.4 Å². The van der Waals surface area contributed by atoms with E-state index in [-0.39, 0.29) is 0 Å². The monoisotopic (exact) mass is 364 g/mol. The van der Waals surface area contributed by atoms with Gasteiger partial charge in [0.15, 0.2) is 0 Å². The van der Waals surface area contributed by atoms with Crippen LogP contribution in [0.5, 0.6) is 5.75 Å². The van der Waals surface area contributed by atoms with Crippen molar-refractivity contribution >= 4 is 27.5 Å². The molecular formula is C18H18BrClO. The van der Waals surface area contributed by atoms with Crippen LogP contribution in [-0.2, 0) is 12.3 Å². The zero-order valence-corrected chi connectivity index (χ0v) is 14.2. The summed E-state index contributed by atoms with van der Waals surface area (Å²) in [5.41, 5.74) is 3.96. The van der Waals surface area contributed by atoms with E-state index in [4.69, 9.17) is 16.3 Å². The molecule has 0 amide bonds. The third-order valence-corrected chi connectivity index (χ3v) is 5.03. The molecule has 0 radical (unpaired) electrons. The number of para-hydroxylation sites is 1. The second kappa shape index (κ2) is 6.85. The van der Waals surface area contributed by atoms with Crippen molar-refractivity contribution in [3.05, 3.63) is 63.6 Å². The van der Waals surface area contributed by atoms with Crippen molar-refractivity contribution in [2.75, 3.05) is 6.61 Å². The molecule has 1 nitrogen and oxygen atoms in total. The number of hydrogen-bond donors (Lipinski definition) is 0. The predicted molar refractivity (Wildman–Crippen MR) is 91.3 cm³/mol. The number of rotatable bonds is 4. The third kappa shape index (κ3) is 3.27. The van der Waals surface area contributed by atoms with Gasteiger partial charge in [-0.2, -0.15) is 0 Å². The SMILES string of the molecule is ClCc1cccc(Br)c1OCC1CCCc2ccccc21. The van der Waals surface area contributed by atoms with Crippen molar-refractivity contribution in [3.63, 3.8) is 0 Å². The molecule has 0 fully saturated rings. The molecule has 110 valence electrons. The topological polar surface area (TPSA) is 9.23 Å². The molecule has 0 spiro atoms. The minimum atomic E-state index is 0.468. The quantitative estimate of drug-likeness (QED) is 0.633. The highest BCUT2D eigenvalue weighted by Gasteiger charge is 2.21. The lowest BCUT2D eigenvalue weighted by atomic mass is 9.83. The van der Waals surface area contributed by atoms with Gasteiger partial charge in [0.1, 0.15) is 5.75 Å². The van der Waals surface area contributed by atoms with Gasteiger partial charge in [0, 0.05) is 11.5 Å². The number of ether oxygens (including phenoxy) is 1. The van der Waals surface area contributed by atoms with Crippen molar-refractivity contribution in [3.8, 4) is 5.75 Å². The highest BCUT2D eigenvalue weighted by atomic mass is 79.9. The van der Waals surface area contributed by atoms with Crippen LogP contribution in [-0.4, -0.2) is 6.61 Å². The molecule has 3 heteroatoms. The van der Waals surface area contributed by atoms with Crippen LogP contribution in [0.3, 0.4) is 0 Å². The van der Waals surface area contributed by atoms with Crippen LogP contribution in [0.4, 0.5) is 0 Å². The fourth-order valence-electron chi connectivity index (χ4n) is 3.03. The molecular weight excluding hydrogens is 348 g/mol. The average Bonchev–Trinajstić information content (AvgIpc) is 2.53. The summed E-state index contributed by atoms with van der Waals surface area (Å²) in [6.07, 6.45) is 3.62. The van der Waals surface area contributed by atoms with Gasteiger partial charge in [-0.05, 0) is 52.4 Å². The number of fused-ring (bicyclic) bond motifs is 1. The molecule has 2 aromatic rings. The van der Waals surface area contributed by atoms with Gasteiger partial charge in [-0.3, -0.25) is 0 Å². The molecule has 2 aromatic carbocycles. The molecule has 21 heavy (non-hydrogen) atoms. The van der Waals surface area contributed by atoms with Gasteiger partial charge < -0.3 is 4.74 Å².